The maximum atomic E-state index is 12.6. The van der Waals surface area contributed by atoms with E-state index in [1.165, 1.54) is 6.42 Å². The number of likely N-dealkylation sites (tertiary alicyclic amines) is 1. The normalized spacial score (nSPS) is 19.2. The molecule has 2 aliphatic heterocycles. The molecule has 0 bridgehead atoms. The van der Waals surface area contributed by atoms with Crippen molar-refractivity contribution in [2.75, 3.05) is 32.8 Å². The van der Waals surface area contributed by atoms with Crippen LogP contribution in [0.1, 0.15) is 29.6 Å². The van der Waals surface area contributed by atoms with E-state index in [1.54, 1.807) is 6.08 Å². The van der Waals surface area contributed by atoms with Gasteiger partial charge in [-0.2, -0.15) is 0 Å². The summed E-state index contributed by atoms with van der Waals surface area (Å²) in [6.45, 7) is 8.09. The first-order valence-electron chi connectivity index (χ1n) is 8.06. The van der Waals surface area contributed by atoms with Crippen molar-refractivity contribution >= 4 is 18.3 Å². The van der Waals surface area contributed by atoms with Gasteiger partial charge in [-0.1, -0.05) is 12.7 Å². The molecule has 1 aromatic carbocycles. The fourth-order valence-corrected chi connectivity index (χ4v) is 3.44. The van der Waals surface area contributed by atoms with Gasteiger partial charge in [0.25, 0.3) is 5.91 Å². The smallest absolute Gasteiger partial charge is 0.253 e. The molecule has 1 amide bonds. The number of hydrogen-bond donors (Lipinski definition) is 1. The van der Waals surface area contributed by atoms with E-state index < -0.39 is 0 Å². The Bertz CT molecular complexity index is 528. The van der Waals surface area contributed by atoms with E-state index in [9.17, 15) is 4.79 Å². The molecule has 23 heavy (non-hydrogen) atoms. The van der Waals surface area contributed by atoms with Gasteiger partial charge in [-0.3, -0.25) is 4.79 Å². The first-order valence-corrected chi connectivity index (χ1v) is 8.06. The SMILES string of the molecule is C=CCOc1ccc(C(=O)N2CCC3(CCNC3)CC2)cc1.Cl. The summed E-state index contributed by atoms with van der Waals surface area (Å²) in [7, 11) is 0. The van der Waals surface area contributed by atoms with Crippen LogP contribution in [0.2, 0.25) is 0 Å². The van der Waals surface area contributed by atoms with E-state index >= 15 is 0 Å². The van der Waals surface area contributed by atoms with E-state index in [2.05, 4.69) is 11.9 Å². The monoisotopic (exact) mass is 336 g/mol. The number of ether oxygens (including phenoxy) is 1. The average molecular weight is 337 g/mol. The second-order valence-corrected chi connectivity index (χ2v) is 6.34. The number of piperidine rings is 1. The predicted molar refractivity (Wildman–Crippen MR) is 94.4 cm³/mol. The van der Waals surface area contributed by atoms with Gasteiger partial charge in [-0.15, -0.1) is 12.4 Å². The molecule has 0 aliphatic carbocycles. The summed E-state index contributed by atoms with van der Waals surface area (Å²) < 4.78 is 5.45. The molecular formula is C18H25ClN2O2. The van der Waals surface area contributed by atoms with Gasteiger partial charge in [0.15, 0.2) is 0 Å². The van der Waals surface area contributed by atoms with Gasteiger partial charge >= 0.3 is 0 Å². The van der Waals surface area contributed by atoms with Crippen molar-refractivity contribution in [3.05, 3.63) is 42.5 Å². The molecular weight excluding hydrogens is 312 g/mol. The number of carbonyl (C=O) groups excluding carboxylic acids is 1. The Morgan fingerprint density at radius 1 is 1.26 bits per heavy atom. The predicted octanol–water partition coefficient (Wildman–Crippen LogP) is 2.89. The first-order chi connectivity index (χ1) is 10.7. The minimum absolute atomic E-state index is 0. The molecule has 5 heteroatoms. The van der Waals surface area contributed by atoms with Crippen LogP contribution in [0, 0.1) is 5.41 Å². The Morgan fingerprint density at radius 3 is 2.52 bits per heavy atom. The van der Waals surface area contributed by atoms with E-state index in [0.717, 1.165) is 50.3 Å². The van der Waals surface area contributed by atoms with Crippen molar-refractivity contribution in [1.82, 2.24) is 10.2 Å². The van der Waals surface area contributed by atoms with Crippen LogP contribution >= 0.6 is 12.4 Å². The van der Waals surface area contributed by atoms with Gasteiger partial charge in [-0.05, 0) is 55.5 Å². The Kier molecular flexibility index (Phi) is 6.08. The molecule has 3 rings (SSSR count). The van der Waals surface area contributed by atoms with Gasteiger partial charge < -0.3 is 15.0 Å². The summed E-state index contributed by atoms with van der Waals surface area (Å²) in [5, 5.41) is 3.46. The van der Waals surface area contributed by atoms with Crippen LogP contribution in [0.4, 0.5) is 0 Å². The fourth-order valence-electron chi connectivity index (χ4n) is 3.44. The van der Waals surface area contributed by atoms with Crippen molar-refractivity contribution in [3.8, 4) is 5.75 Å². The Morgan fingerprint density at radius 2 is 1.96 bits per heavy atom. The molecule has 2 aliphatic rings. The second kappa shape index (κ2) is 7.84. The Hall–Kier alpha value is -1.52. The van der Waals surface area contributed by atoms with E-state index in [-0.39, 0.29) is 18.3 Å². The lowest BCUT2D eigenvalue weighted by atomic mass is 9.78. The maximum absolute atomic E-state index is 12.6. The van der Waals surface area contributed by atoms with Gasteiger partial charge in [0.1, 0.15) is 12.4 Å². The van der Waals surface area contributed by atoms with Crippen molar-refractivity contribution < 1.29 is 9.53 Å². The lowest BCUT2D eigenvalue weighted by Crippen LogP contribution is -2.44. The van der Waals surface area contributed by atoms with Crippen molar-refractivity contribution in [1.29, 1.82) is 0 Å². The minimum Gasteiger partial charge on any atom is -0.490 e. The Balaban J connectivity index is 0.00000192. The molecule has 4 nitrogen and oxygen atoms in total. The third-order valence-corrected chi connectivity index (χ3v) is 4.91. The third kappa shape index (κ3) is 4.06. The van der Waals surface area contributed by atoms with Crippen molar-refractivity contribution in [3.63, 3.8) is 0 Å². The summed E-state index contributed by atoms with van der Waals surface area (Å²) in [5.74, 6) is 0.905. The number of nitrogens with zero attached hydrogens (tertiary/aromatic N) is 1. The number of hydrogen-bond acceptors (Lipinski definition) is 3. The highest BCUT2D eigenvalue weighted by molar-refractivity contribution is 5.94. The van der Waals surface area contributed by atoms with Gasteiger partial charge in [0.2, 0.25) is 0 Å². The summed E-state index contributed by atoms with van der Waals surface area (Å²) >= 11 is 0. The summed E-state index contributed by atoms with van der Waals surface area (Å²) in [4.78, 5) is 14.6. The molecule has 2 fully saturated rings. The summed E-state index contributed by atoms with van der Waals surface area (Å²) in [6, 6.07) is 7.40. The molecule has 0 atom stereocenters. The Labute approximate surface area is 144 Å². The standard InChI is InChI=1S/C18H24N2O2.ClH/c1-2-13-22-16-5-3-15(4-6-16)17(21)20-11-8-18(9-12-20)7-10-19-14-18;/h2-6,19H,1,7-14H2;1H. The molecule has 0 unspecified atom stereocenters. The van der Waals surface area contributed by atoms with Crippen LogP contribution in [0.3, 0.4) is 0 Å². The highest BCUT2D eigenvalue weighted by atomic mass is 35.5. The topological polar surface area (TPSA) is 41.6 Å². The lowest BCUT2D eigenvalue weighted by molar-refractivity contribution is 0.0607. The molecule has 0 radical (unpaired) electrons. The van der Waals surface area contributed by atoms with Crippen LogP contribution in [0.15, 0.2) is 36.9 Å². The molecule has 1 spiro atoms. The molecule has 2 heterocycles. The van der Waals surface area contributed by atoms with E-state index in [0.29, 0.717) is 12.0 Å². The average Bonchev–Trinajstić information content (AvgIpc) is 3.02. The molecule has 2 saturated heterocycles. The second-order valence-electron chi connectivity index (χ2n) is 6.34. The maximum Gasteiger partial charge on any atom is 0.253 e. The van der Waals surface area contributed by atoms with Crippen molar-refractivity contribution in [2.24, 2.45) is 5.41 Å². The molecule has 1 aromatic rings. The highest BCUT2D eigenvalue weighted by Gasteiger charge is 2.38. The zero-order valence-electron chi connectivity index (χ0n) is 13.4. The van der Waals surface area contributed by atoms with Gasteiger partial charge in [-0.25, -0.2) is 0 Å². The van der Waals surface area contributed by atoms with E-state index in [1.807, 2.05) is 29.2 Å². The zero-order chi connectivity index (χ0) is 15.4. The number of halogens is 1. The lowest BCUT2D eigenvalue weighted by Gasteiger charge is -2.38. The van der Waals surface area contributed by atoms with Crippen LogP contribution in [-0.4, -0.2) is 43.6 Å². The van der Waals surface area contributed by atoms with E-state index in [4.69, 9.17) is 4.74 Å². The number of benzene rings is 1. The molecule has 0 saturated carbocycles. The molecule has 0 aromatic heterocycles. The molecule has 126 valence electrons. The van der Waals surface area contributed by atoms with Crippen LogP contribution in [0.25, 0.3) is 0 Å². The quantitative estimate of drug-likeness (QED) is 0.860. The van der Waals surface area contributed by atoms with Crippen LogP contribution < -0.4 is 10.1 Å². The largest absolute Gasteiger partial charge is 0.490 e. The highest BCUT2D eigenvalue weighted by Crippen LogP contribution is 2.37. The number of amides is 1. The van der Waals surface area contributed by atoms with Gasteiger partial charge in [0, 0.05) is 25.2 Å². The van der Waals surface area contributed by atoms with Crippen LogP contribution in [-0.2, 0) is 0 Å². The van der Waals surface area contributed by atoms with Crippen LogP contribution in [0.5, 0.6) is 5.75 Å². The number of nitrogens with one attached hydrogen (secondary N) is 1. The zero-order valence-corrected chi connectivity index (χ0v) is 14.2. The summed E-state index contributed by atoms with van der Waals surface area (Å²) in [5.41, 5.74) is 1.19. The number of carbonyl (C=O) groups is 1. The minimum atomic E-state index is 0. The number of rotatable bonds is 4. The third-order valence-electron chi connectivity index (χ3n) is 4.91. The molecule has 1 N–H and O–H groups in total. The first kappa shape index (κ1) is 17.8. The van der Waals surface area contributed by atoms with Gasteiger partial charge in [0.05, 0.1) is 0 Å². The summed E-state index contributed by atoms with van der Waals surface area (Å²) in [6.07, 6.45) is 5.20. The fraction of sp³-hybridized carbons (Fsp3) is 0.500. The van der Waals surface area contributed by atoms with Crippen molar-refractivity contribution in [2.45, 2.75) is 19.3 Å².